The van der Waals surface area contributed by atoms with Gasteiger partial charge < -0.3 is 14.6 Å². The molecule has 0 aliphatic heterocycles. The summed E-state index contributed by atoms with van der Waals surface area (Å²) in [5, 5.41) is 12.9. The van der Waals surface area contributed by atoms with Gasteiger partial charge in [-0.15, -0.1) is 0 Å². The molecule has 0 amide bonds. The van der Waals surface area contributed by atoms with Gasteiger partial charge >= 0.3 is 11.9 Å². The van der Waals surface area contributed by atoms with Gasteiger partial charge in [0.05, 0.1) is 6.61 Å². The third kappa shape index (κ3) is 7.87. The van der Waals surface area contributed by atoms with Crippen molar-refractivity contribution in [2.75, 3.05) is 6.61 Å². The second-order valence-corrected chi connectivity index (χ2v) is 7.62. The summed E-state index contributed by atoms with van der Waals surface area (Å²) in [6.45, 7) is 6.17. The molecule has 162 valence electrons. The molecular weight excluding hydrogens is 382 g/mol. The third-order valence-electron chi connectivity index (χ3n) is 4.54. The van der Waals surface area contributed by atoms with Crippen LogP contribution in [0.15, 0.2) is 54.6 Å². The van der Waals surface area contributed by atoms with Gasteiger partial charge in [-0.25, -0.2) is 0 Å². The zero-order valence-electron chi connectivity index (χ0n) is 17.8. The minimum absolute atomic E-state index is 0.121. The molecule has 0 fully saturated rings. The average molecular weight is 414 g/mol. The van der Waals surface area contributed by atoms with Crippen molar-refractivity contribution in [2.45, 2.75) is 52.3 Å². The molecule has 2 rings (SSSR count). The highest BCUT2D eigenvalue weighted by atomic mass is 16.5. The molecule has 0 aliphatic carbocycles. The number of rotatable bonds is 11. The van der Waals surface area contributed by atoms with Crippen molar-refractivity contribution >= 4 is 11.9 Å². The van der Waals surface area contributed by atoms with Crippen molar-refractivity contribution in [3.63, 3.8) is 0 Å². The minimum Gasteiger partial charge on any atom is -0.508 e. The first-order chi connectivity index (χ1) is 14.4. The Kier molecular flexibility index (Phi) is 9.35. The van der Waals surface area contributed by atoms with Crippen molar-refractivity contribution in [2.24, 2.45) is 5.92 Å². The quantitative estimate of drug-likeness (QED) is 0.548. The first-order valence-corrected chi connectivity index (χ1v) is 10.3. The SMILES string of the molecule is CCOC(=O)C(Cc1cccc(O)c1)NC(CC(C)C)C(=O)OCc1ccccc1. The van der Waals surface area contributed by atoms with Crippen LogP contribution in [0.1, 0.15) is 38.3 Å². The maximum absolute atomic E-state index is 12.8. The standard InChI is InChI=1S/C24H31NO5/c1-4-29-23(27)22(15-19-11-8-12-20(26)14-19)25-21(13-17(2)3)24(28)30-16-18-9-6-5-7-10-18/h5-12,14,17,21-22,25-26H,4,13,15-16H2,1-3H3. The number of phenols is 1. The summed E-state index contributed by atoms with van der Waals surface area (Å²) < 4.78 is 10.7. The summed E-state index contributed by atoms with van der Waals surface area (Å²) in [7, 11) is 0. The molecule has 2 atom stereocenters. The molecule has 0 bridgehead atoms. The van der Waals surface area contributed by atoms with E-state index in [-0.39, 0.29) is 31.3 Å². The minimum atomic E-state index is -0.736. The molecule has 0 heterocycles. The fourth-order valence-electron chi connectivity index (χ4n) is 3.15. The summed E-state index contributed by atoms with van der Waals surface area (Å²) in [5.74, 6) is -0.505. The molecule has 2 N–H and O–H groups in total. The molecule has 6 nitrogen and oxygen atoms in total. The maximum atomic E-state index is 12.8. The molecule has 0 saturated carbocycles. The Hall–Kier alpha value is -2.86. The summed E-state index contributed by atoms with van der Waals surface area (Å²) >= 11 is 0. The summed E-state index contributed by atoms with van der Waals surface area (Å²) in [6.07, 6.45) is 0.803. The van der Waals surface area contributed by atoms with Crippen LogP contribution in [-0.2, 0) is 32.1 Å². The highest BCUT2D eigenvalue weighted by Crippen LogP contribution is 2.15. The fourth-order valence-corrected chi connectivity index (χ4v) is 3.15. The number of hydrogen-bond donors (Lipinski definition) is 2. The van der Waals surface area contributed by atoms with Crippen LogP contribution in [0.5, 0.6) is 5.75 Å². The van der Waals surface area contributed by atoms with Crippen LogP contribution in [0.4, 0.5) is 0 Å². The Morgan fingerprint density at radius 1 is 0.933 bits per heavy atom. The summed E-state index contributed by atoms with van der Waals surface area (Å²) in [5.41, 5.74) is 1.66. The number of esters is 2. The monoisotopic (exact) mass is 413 g/mol. The number of nitrogens with one attached hydrogen (secondary N) is 1. The molecule has 0 saturated heterocycles. The normalized spacial score (nSPS) is 12.9. The lowest BCUT2D eigenvalue weighted by Crippen LogP contribution is -2.50. The highest BCUT2D eigenvalue weighted by molar-refractivity contribution is 5.80. The van der Waals surface area contributed by atoms with Crippen LogP contribution in [-0.4, -0.2) is 35.7 Å². The Morgan fingerprint density at radius 3 is 2.23 bits per heavy atom. The van der Waals surface area contributed by atoms with Gasteiger partial charge in [0.15, 0.2) is 0 Å². The summed E-state index contributed by atoms with van der Waals surface area (Å²) in [6, 6.07) is 14.8. The second kappa shape index (κ2) is 12.0. The smallest absolute Gasteiger partial charge is 0.323 e. The topological polar surface area (TPSA) is 84.9 Å². The molecule has 6 heteroatoms. The number of ether oxygens (including phenoxy) is 2. The maximum Gasteiger partial charge on any atom is 0.323 e. The van der Waals surface area contributed by atoms with Gasteiger partial charge in [0.1, 0.15) is 24.4 Å². The highest BCUT2D eigenvalue weighted by Gasteiger charge is 2.29. The Morgan fingerprint density at radius 2 is 1.60 bits per heavy atom. The molecule has 0 aromatic heterocycles. The lowest BCUT2D eigenvalue weighted by atomic mass is 10.0. The number of phenolic OH excluding ortho intramolecular Hbond substituents is 1. The van der Waals surface area contributed by atoms with Gasteiger partial charge in [-0.3, -0.25) is 14.9 Å². The Labute approximate surface area is 178 Å². The molecule has 2 unspecified atom stereocenters. The molecular formula is C24H31NO5. The predicted molar refractivity (Wildman–Crippen MR) is 115 cm³/mol. The number of benzene rings is 2. The van der Waals surface area contributed by atoms with Gasteiger partial charge in [0.2, 0.25) is 0 Å². The predicted octanol–water partition coefficient (Wildman–Crippen LogP) is 3.61. The van der Waals surface area contributed by atoms with Crippen LogP contribution in [0.3, 0.4) is 0 Å². The van der Waals surface area contributed by atoms with Crippen LogP contribution in [0.25, 0.3) is 0 Å². The van der Waals surface area contributed by atoms with E-state index in [1.165, 1.54) is 0 Å². The molecule has 0 aliphatic rings. The second-order valence-electron chi connectivity index (χ2n) is 7.62. The number of aromatic hydroxyl groups is 1. The number of carbonyl (C=O) groups excluding carboxylic acids is 2. The number of carbonyl (C=O) groups is 2. The zero-order chi connectivity index (χ0) is 21.9. The summed E-state index contributed by atoms with van der Waals surface area (Å²) in [4.78, 5) is 25.4. The van der Waals surface area contributed by atoms with Crippen molar-refractivity contribution in [3.05, 3.63) is 65.7 Å². The van der Waals surface area contributed by atoms with Crippen molar-refractivity contribution in [1.29, 1.82) is 0 Å². The largest absolute Gasteiger partial charge is 0.508 e. The first-order valence-electron chi connectivity index (χ1n) is 10.3. The van der Waals surface area contributed by atoms with Gasteiger partial charge in [-0.2, -0.15) is 0 Å². The molecule has 30 heavy (non-hydrogen) atoms. The molecule has 2 aromatic carbocycles. The van der Waals surface area contributed by atoms with E-state index in [2.05, 4.69) is 5.32 Å². The van der Waals surface area contributed by atoms with Crippen molar-refractivity contribution in [1.82, 2.24) is 5.32 Å². The van der Waals surface area contributed by atoms with E-state index >= 15 is 0 Å². The lowest BCUT2D eigenvalue weighted by Gasteiger charge is -2.25. The van der Waals surface area contributed by atoms with Gasteiger partial charge in [0, 0.05) is 0 Å². The van der Waals surface area contributed by atoms with Crippen LogP contribution >= 0.6 is 0 Å². The van der Waals surface area contributed by atoms with Crippen LogP contribution < -0.4 is 5.32 Å². The van der Waals surface area contributed by atoms with E-state index in [0.717, 1.165) is 11.1 Å². The van der Waals surface area contributed by atoms with E-state index < -0.39 is 24.0 Å². The van der Waals surface area contributed by atoms with Gasteiger partial charge in [0.25, 0.3) is 0 Å². The number of hydrogen-bond acceptors (Lipinski definition) is 6. The third-order valence-corrected chi connectivity index (χ3v) is 4.54. The van der Waals surface area contributed by atoms with E-state index in [4.69, 9.17) is 9.47 Å². The van der Waals surface area contributed by atoms with Crippen molar-refractivity contribution in [3.8, 4) is 5.75 Å². The van der Waals surface area contributed by atoms with Crippen LogP contribution in [0, 0.1) is 5.92 Å². The molecule has 0 radical (unpaired) electrons. The van der Waals surface area contributed by atoms with E-state index in [0.29, 0.717) is 6.42 Å². The van der Waals surface area contributed by atoms with Gasteiger partial charge in [-0.05, 0) is 48.9 Å². The average Bonchev–Trinajstić information content (AvgIpc) is 2.71. The zero-order valence-corrected chi connectivity index (χ0v) is 17.8. The van der Waals surface area contributed by atoms with E-state index in [9.17, 15) is 14.7 Å². The lowest BCUT2D eigenvalue weighted by molar-refractivity contribution is -0.150. The van der Waals surface area contributed by atoms with Crippen molar-refractivity contribution < 1.29 is 24.2 Å². The molecule has 0 spiro atoms. The van der Waals surface area contributed by atoms with E-state index in [1.807, 2.05) is 50.2 Å². The van der Waals surface area contributed by atoms with Crippen LogP contribution in [0.2, 0.25) is 0 Å². The fraction of sp³-hybridized carbons (Fsp3) is 0.417. The first kappa shape index (κ1) is 23.4. The van der Waals surface area contributed by atoms with Gasteiger partial charge in [-0.1, -0.05) is 56.3 Å². The Bertz CT molecular complexity index is 806. The van der Waals surface area contributed by atoms with E-state index in [1.54, 1.807) is 25.1 Å². The Balaban J connectivity index is 2.12. The molecule has 2 aromatic rings.